The summed E-state index contributed by atoms with van der Waals surface area (Å²) in [6, 6.07) is 15.4. The summed E-state index contributed by atoms with van der Waals surface area (Å²) >= 11 is 0. The third-order valence-electron chi connectivity index (χ3n) is 7.30. The summed E-state index contributed by atoms with van der Waals surface area (Å²) in [6.45, 7) is 4.04. The van der Waals surface area contributed by atoms with Gasteiger partial charge in [0.1, 0.15) is 11.8 Å². The summed E-state index contributed by atoms with van der Waals surface area (Å²) in [6.07, 6.45) is -2.99. The van der Waals surface area contributed by atoms with Crippen LogP contribution in [0.25, 0.3) is 33.1 Å². The van der Waals surface area contributed by atoms with Gasteiger partial charge in [0.15, 0.2) is 11.6 Å². The number of nitrogens with zero attached hydrogens (tertiary/aromatic N) is 2. The largest absolute Gasteiger partial charge is 0.573 e. The number of alkyl halides is 3. The van der Waals surface area contributed by atoms with Crippen LogP contribution in [0.2, 0.25) is 0 Å². The highest BCUT2D eigenvalue weighted by Crippen LogP contribution is 2.32. The molecular formula is C33H29F4N3O5. The van der Waals surface area contributed by atoms with Crippen molar-refractivity contribution in [1.82, 2.24) is 14.9 Å². The molecular weight excluding hydrogens is 594 g/mol. The zero-order chi connectivity index (χ0) is 32.5. The first-order valence-corrected chi connectivity index (χ1v) is 13.9. The minimum absolute atomic E-state index is 0.00816. The number of carbonyl (C=O) groups excluding carboxylic acids is 2. The normalized spacial score (nSPS) is 12.4. The molecule has 2 aromatic heterocycles. The zero-order valence-electron chi connectivity index (χ0n) is 24.7. The standard InChI is InChI=1S/C33H29F4N3O5/c1-18(2)40-17-20(22-7-5-6-8-29(22)40)14-28(32(42)44-4)39-31(41)24-16-27(19-9-12-30(43-3)25(34)13-19)38-26-11-10-21(15-23(24)26)45-33(35,36)37/h5-13,15-18,28H,14H2,1-4H3,(H,39,41). The maximum atomic E-state index is 14.6. The number of methoxy groups -OCH3 is 2. The minimum atomic E-state index is -4.98. The van der Waals surface area contributed by atoms with Crippen molar-refractivity contribution in [2.24, 2.45) is 0 Å². The Bertz CT molecular complexity index is 1900. The van der Waals surface area contributed by atoms with Crippen LogP contribution in [0.3, 0.4) is 0 Å². The van der Waals surface area contributed by atoms with E-state index in [1.54, 1.807) is 0 Å². The molecule has 8 nitrogen and oxygen atoms in total. The van der Waals surface area contributed by atoms with E-state index < -0.39 is 35.8 Å². The average Bonchev–Trinajstić information content (AvgIpc) is 3.37. The molecule has 0 aliphatic carbocycles. The second-order valence-corrected chi connectivity index (χ2v) is 10.6. The molecule has 3 aromatic carbocycles. The molecule has 0 saturated heterocycles. The molecule has 0 fully saturated rings. The molecule has 5 rings (SSSR count). The maximum absolute atomic E-state index is 14.6. The van der Waals surface area contributed by atoms with E-state index in [2.05, 4.69) is 19.6 Å². The van der Waals surface area contributed by atoms with E-state index in [-0.39, 0.29) is 45.9 Å². The smallest absolute Gasteiger partial charge is 0.494 e. The summed E-state index contributed by atoms with van der Waals surface area (Å²) in [7, 11) is 2.51. The van der Waals surface area contributed by atoms with Crippen molar-refractivity contribution in [3.63, 3.8) is 0 Å². The van der Waals surface area contributed by atoms with Gasteiger partial charge in [-0.3, -0.25) is 4.79 Å². The van der Waals surface area contributed by atoms with Gasteiger partial charge < -0.3 is 24.1 Å². The van der Waals surface area contributed by atoms with Crippen LogP contribution in [-0.2, 0) is 16.0 Å². The lowest BCUT2D eigenvalue weighted by Crippen LogP contribution is -2.43. The van der Waals surface area contributed by atoms with E-state index in [4.69, 9.17) is 9.47 Å². The number of para-hydroxylation sites is 1. The second-order valence-electron chi connectivity index (χ2n) is 10.6. The van der Waals surface area contributed by atoms with E-state index in [9.17, 15) is 27.2 Å². The monoisotopic (exact) mass is 623 g/mol. The number of amides is 1. The number of hydrogen-bond acceptors (Lipinski definition) is 6. The Morgan fingerprint density at radius 3 is 2.40 bits per heavy atom. The molecule has 1 N–H and O–H groups in total. The Balaban J connectivity index is 1.58. The van der Waals surface area contributed by atoms with Crippen LogP contribution in [0.1, 0.15) is 35.8 Å². The number of aromatic nitrogens is 2. The van der Waals surface area contributed by atoms with E-state index in [0.717, 1.165) is 34.7 Å². The van der Waals surface area contributed by atoms with Gasteiger partial charge in [-0.05, 0) is 67.9 Å². The van der Waals surface area contributed by atoms with Crippen molar-refractivity contribution in [3.05, 3.63) is 89.9 Å². The number of rotatable bonds is 9. The number of hydrogen-bond donors (Lipinski definition) is 1. The predicted molar refractivity (Wildman–Crippen MR) is 160 cm³/mol. The van der Waals surface area contributed by atoms with Crippen molar-refractivity contribution >= 4 is 33.7 Å². The van der Waals surface area contributed by atoms with Gasteiger partial charge in [0.05, 0.1) is 31.0 Å². The van der Waals surface area contributed by atoms with Crippen molar-refractivity contribution < 1.29 is 41.4 Å². The first kappa shape index (κ1) is 31.3. The minimum Gasteiger partial charge on any atom is -0.494 e. The van der Waals surface area contributed by atoms with Crippen LogP contribution in [0, 0.1) is 5.82 Å². The Labute approximate surface area is 255 Å². The lowest BCUT2D eigenvalue weighted by Gasteiger charge is -2.18. The number of halogens is 4. The molecule has 234 valence electrons. The van der Waals surface area contributed by atoms with E-state index in [1.807, 2.05) is 44.3 Å². The van der Waals surface area contributed by atoms with Gasteiger partial charge in [-0.1, -0.05) is 18.2 Å². The number of nitrogens with one attached hydrogen (secondary N) is 1. The molecule has 1 amide bonds. The van der Waals surface area contributed by atoms with E-state index in [0.29, 0.717) is 0 Å². The fraction of sp³-hybridized carbons (Fsp3) is 0.242. The summed E-state index contributed by atoms with van der Waals surface area (Å²) in [5.41, 5.74) is 2.20. The number of ether oxygens (including phenoxy) is 3. The average molecular weight is 624 g/mol. The summed E-state index contributed by atoms with van der Waals surface area (Å²) < 4.78 is 69.8. The molecule has 0 spiro atoms. The van der Waals surface area contributed by atoms with Crippen molar-refractivity contribution in [1.29, 1.82) is 0 Å². The van der Waals surface area contributed by atoms with Crippen LogP contribution < -0.4 is 14.8 Å². The van der Waals surface area contributed by atoms with E-state index >= 15 is 0 Å². The first-order chi connectivity index (χ1) is 21.4. The van der Waals surface area contributed by atoms with Gasteiger partial charge in [0.25, 0.3) is 5.91 Å². The number of esters is 1. The van der Waals surface area contributed by atoms with Crippen molar-refractivity contribution in [3.8, 4) is 22.8 Å². The molecule has 0 saturated carbocycles. The highest BCUT2D eigenvalue weighted by atomic mass is 19.4. The Hall–Kier alpha value is -5.13. The number of carbonyl (C=O) groups is 2. The van der Waals surface area contributed by atoms with Gasteiger partial charge in [-0.25, -0.2) is 14.2 Å². The van der Waals surface area contributed by atoms with Gasteiger partial charge >= 0.3 is 12.3 Å². The molecule has 0 aliphatic heterocycles. The van der Waals surface area contributed by atoms with Crippen LogP contribution in [-0.4, -0.2) is 48.1 Å². The Kier molecular flexibility index (Phi) is 8.67. The maximum Gasteiger partial charge on any atom is 0.573 e. The third kappa shape index (κ3) is 6.69. The summed E-state index contributed by atoms with van der Waals surface area (Å²) in [4.78, 5) is 31.3. The topological polar surface area (TPSA) is 91.7 Å². The Morgan fingerprint density at radius 2 is 1.73 bits per heavy atom. The quantitative estimate of drug-likeness (QED) is 0.141. The summed E-state index contributed by atoms with van der Waals surface area (Å²) in [5, 5.41) is 3.61. The molecule has 12 heteroatoms. The van der Waals surface area contributed by atoms with E-state index in [1.165, 1.54) is 38.5 Å². The fourth-order valence-electron chi connectivity index (χ4n) is 5.22. The van der Waals surface area contributed by atoms with Crippen molar-refractivity contribution in [2.45, 2.75) is 38.7 Å². The van der Waals surface area contributed by atoms with Crippen molar-refractivity contribution in [2.75, 3.05) is 14.2 Å². The lowest BCUT2D eigenvalue weighted by atomic mass is 10.0. The SMILES string of the molecule is COC(=O)C(Cc1cn(C(C)C)c2ccccc12)NC(=O)c1cc(-c2ccc(OC)c(F)c2)nc2ccc(OC(F)(F)F)cc12. The highest BCUT2D eigenvalue weighted by molar-refractivity contribution is 6.08. The van der Waals surface area contributed by atoms with Crippen LogP contribution >= 0.6 is 0 Å². The number of benzene rings is 3. The van der Waals surface area contributed by atoms with Gasteiger partial charge in [0, 0.05) is 40.5 Å². The zero-order valence-corrected chi connectivity index (χ0v) is 24.7. The number of fused-ring (bicyclic) bond motifs is 2. The molecule has 1 unspecified atom stereocenters. The van der Waals surface area contributed by atoms with Crippen LogP contribution in [0.15, 0.2) is 72.9 Å². The molecule has 45 heavy (non-hydrogen) atoms. The molecule has 0 bridgehead atoms. The van der Waals surface area contributed by atoms with Gasteiger partial charge in [-0.15, -0.1) is 13.2 Å². The van der Waals surface area contributed by atoms with Gasteiger partial charge in [0.2, 0.25) is 0 Å². The molecule has 5 aromatic rings. The first-order valence-electron chi connectivity index (χ1n) is 13.9. The second kappa shape index (κ2) is 12.5. The van der Waals surface area contributed by atoms with Gasteiger partial charge in [-0.2, -0.15) is 0 Å². The fourth-order valence-corrected chi connectivity index (χ4v) is 5.22. The predicted octanol–water partition coefficient (Wildman–Crippen LogP) is 7.00. The third-order valence-corrected chi connectivity index (χ3v) is 7.30. The van der Waals surface area contributed by atoms with Crippen LogP contribution in [0.4, 0.5) is 17.6 Å². The Morgan fingerprint density at radius 1 is 0.978 bits per heavy atom. The summed E-state index contributed by atoms with van der Waals surface area (Å²) in [5.74, 6) is -2.76. The molecule has 1 atom stereocenters. The number of pyridine rings is 1. The van der Waals surface area contributed by atoms with Crippen LogP contribution in [0.5, 0.6) is 11.5 Å². The molecule has 2 heterocycles. The highest BCUT2D eigenvalue weighted by Gasteiger charge is 2.32. The molecule has 0 radical (unpaired) electrons. The lowest BCUT2D eigenvalue weighted by molar-refractivity contribution is -0.274. The molecule has 0 aliphatic rings.